The molecular weight excluding hydrogens is 277 g/mol. The van der Waals surface area contributed by atoms with E-state index in [2.05, 4.69) is 0 Å². The van der Waals surface area contributed by atoms with Gasteiger partial charge in [0.25, 0.3) is 0 Å². The molecule has 2 N–H and O–H groups in total. The van der Waals surface area contributed by atoms with Crippen LogP contribution in [0.4, 0.5) is 0 Å². The van der Waals surface area contributed by atoms with Gasteiger partial charge in [-0.3, -0.25) is 0 Å². The summed E-state index contributed by atoms with van der Waals surface area (Å²) in [5, 5.41) is 16.5. The predicted octanol–water partition coefficient (Wildman–Crippen LogP) is 2.92. The molecule has 0 saturated carbocycles. The normalized spacial score (nSPS) is 19.9. The van der Waals surface area contributed by atoms with Crippen molar-refractivity contribution in [3.05, 3.63) is 23.8 Å². The van der Waals surface area contributed by atoms with Crippen molar-refractivity contribution in [2.24, 2.45) is 5.92 Å². The van der Waals surface area contributed by atoms with Gasteiger partial charge in [-0.15, -0.1) is 0 Å². The summed E-state index contributed by atoms with van der Waals surface area (Å²) in [7, 11) is 0. The lowest BCUT2D eigenvalue weighted by Gasteiger charge is -2.20. The van der Waals surface area contributed by atoms with Gasteiger partial charge in [0.15, 0.2) is 0 Å². The van der Waals surface area contributed by atoms with Gasteiger partial charge >= 0.3 is 0 Å². The van der Waals surface area contributed by atoms with E-state index in [9.17, 15) is 5.11 Å². The Kier molecular flexibility index (Phi) is 5.48. The average molecular weight is 293 g/mol. The predicted molar refractivity (Wildman–Crippen MR) is 65.5 cm³/mol. The van der Waals surface area contributed by atoms with Gasteiger partial charge in [-0.2, -0.15) is 0 Å². The molecule has 1 unspecified atom stereocenters. The van der Waals surface area contributed by atoms with Crippen LogP contribution < -0.4 is 0 Å². The highest BCUT2D eigenvalue weighted by Crippen LogP contribution is 2.25. The SMILES string of the molecule is C/C(C=N)=C\C=CC(C)[C@](C)(O)I. The van der Waals surface area contributed by atoms with Crippen molar-refractivity contribution in [1.82, 2.24) is 0 Å². The standard InChI is InChI=1S/C10H16INO/c1-8(7-12)5-4-6-9(2)10(3,11)13/h4-7,9,12-13H,1-3H3/b6-4?,8-5+,12-7?/t9?,10-/m0/s1. The molecule has 0 aliphatic carbocycles. The van der Waals surface area contributed by atoms with Gasteiger partial charge in [0.1, 0.15) is 3.61 Å². The maximum atomic E-state index is 9.58. The molecular formula is C10H16INO. The van der Waals surface area contributed by atoms with E-state index in [0.717, 1.165) is 5.57 Å². The number of aliphatic hydroxyl groups is 1. The maximum Gasteiger partial charge on any atom is 0.118 e. The fourth-order valence-corrected chi connectivity index (χ4v) is 0.805. The third-order valence-electron chi connectivity index (χ3n) is 1.82. The fraction of sp³-hybridized carbons (Fsp3) is 0.500. The van der Waals surface area contributed by atoms with E-state index in [1.165, 1.54) is 6.21 Å². The molecule has 74 valence electrons. The second kappa shape index (κ2) is 5.54. The minimum absolute atomic E-state index is 0.0999. The first-order valence-electron chi connectivity index (χ1n) is 4.14. The van der Waals surface area contributed by atoms with Gasteiger partial charge in [0.05, 0.1) is 0 Å². The Balaban J connectivity index is 4.21. The van der Waals surface area contributed by atoms with Crippen LogP contribution in [0.2, 0.25) is 0 Å². The monoisotopic (exact) mass is 293 g/mol. The molecule has 3 heteroatoms. The molecule has 0 fully saturated rings. The summed E-state index contributed by atoms with van der Waals surface area (Å²) in [6.07, 6.45) is 6.96. The van der Waals surface area contributed by atoms with Crippen LogP contribution in [0, 0.1) is 11.3 Å². The zero-order valence-corrected chi connectivity index (χ0v) is 10.4. The first kappa shape index (κ1) is 12.8. The summed E-state index contributed by atoms with van der Waals surface area (Å²) in [5.41, 5.74) is 0.900. The minimum atomic E-state index is -0.708. The minimum Gasteiger partial charge on any atom is -0.379 e. The number of hydrogen-bond acceptors (Lipinski definition) is 2. The summed E-state index contributed by atoms with van der Waals surface area (Å²) in [4.78, 5) is 0. The van der Waals surface area contributed by atoms with Crippen LogP contribution in [0.3, 0.4) is 0 Å². The Morgan fingerprint density at radius 1 is 1.62 bits per heavy atom. The molecule has 0 bridgehead atoms. The van der Waals surface area contributed by atoms with E-state index in [0.29, 0.717) is 0 Å². The molecule has 13 heavy (non-hydrogen) atoms. The van der Waals surface area contributed by atoms with E-state index in [4.69, 9.17) is 5.41 Å². The lowest BCUT2D eigenvalue weighted by molar-refractivity contribution is 0.139. The molecule has 0 heterocycles. The summed E-state index contributed by atoms with van der Waals surface area (Å²) >= 11 is 2.01. The Hall–Kier alpha value is -0.160. The van der Waals surface area contributed by atoms with Gasteiger partial charge in [-0.05, 0) is 42.0 Å². The summed E-state index contributed by atoms with van der Waals surface area (Å²) < 4.78 is -0.708. The quantitative estimate of drug-likeness (QED) is 0.356. The van der Waals surface area contributed by atoms with Crippen molar-refractivity contribution in [3.8, 4) is 0 Å². The molecule has 2 nitrogen and oxygen atoms in total. The molecule has 0 aliphatic heterocycles. The highest BCUT2D eigenvalue weighted by molar-refractivity contribution is 14.1. The van der Waals surface area contributed by atoms with E-state index in [1.807, 2.05) is 54.7 Å². The van der Waals surface area contributed by atoms with Crippen LogP contribution in [0.15, 0.2) is 23.8 Å². The number of allylic oxidation sites excluding steroid dienone is 3. The molecule has 2 atom stereocenters. The van der Waals surface area contributed by atoms with Crippen LogP contribution in [0.25, 0.3) is 0 Å². The van der Waals surface area contributed by atoms with E-state index in [-0.39, 0.29) is 5.92 Å². The number of alkyl halides is 1. The topological polar surface area (TPSA) is 44.1 Å². The van der Waals surface area contributed by atoms with Crippen molar-refractivity contribution in [3.63, 3.8) is 0 Å². The van der Waals surface area contributed by atoms with Gasteiger partial charge in [-0.25, -0.2) is 0 Å². The number of halogens is 1. The van der Waals surface area contributed by atoms with Gasteiger partial charge in [0, 0.05) is 12.1 Å². The summed E-state index contributed by atoms with van der Waals surface area (Å²) in [6.45, 7) is 5.59. The first-order chi connectivity index (χ1) is 5.88. The lowest BCUT2D eigenvalue weighted by atomic mass is 10.1. The fourth-order valence-electron chi connectivity index (χ4n) is 0.598. The number of nitrogens with one attached hydrogen (secondary N) is 1. The molecule has 0 spiro atoms. The average Bonchev–Trinajstić information content (AvgIpc) is 2.02. The van der Waals surface area contributed by atoms with Crippen molar-refractivity contribution < 1.29 is 5.11 Å². The smallest absolute Gasteiger partial charge is 0.118 e. The maximum absolute atomic E-state index is 9.58. The van der Waals surface area contributed by atoms with E-state index in [1.54, 1.807) is 6.92 Å². The number of rotatable bonds is 4. The Labute approximate surface area is 93.4 Å². The molecule has 0 aromatic heterocycles. The Morgan fingerprint density at radius 3 is 2.54 bits per heavy atom. The molecule has 0 aliphatic rings. The Bertz CT molecular complexity index is 226. The van der Waals surface area contributed by atoms with Crippen molar-refractivity contribution >= 4 is 28.8 Å². The zero-order valence-electron chi connectivity index (χ0n) is 8.21. The third kappa shape index (κ3) is 5.99. The van der Waals surface area contributed by atoms with Gasteiger partial charge in [-0.1, -0.05) is 25.2 Å². The first-order valence-corrected chi connectivity index (χ1v) is 5.22. The molecule has 0 amide bonds. The molecule has 0 rings (SSSR count). The number of hydrogen-bond donors (Lipinski definition) is 2. The van der Waals surface area contributed by atoms with Crippen LogP contribution in [0.1, 0.15) is 20.8 Å². The third-order valence-corrected chi connectivity index (χ3v) is 2.80. The van der Waals surface area contributed by atoms with E-state index < -0.39 is 3.61 Å². The highest BCUT2D eigenvalue weighted by atomic mass is 127. The second-order valence-electron chi connectivity index (χ2n) is 3.25. The molecule has 0 radical (unpaired) electrons. The van der Waals surface area contributed by atoms with Gasteiger partial charge < -0.3 is 10.5 Å². The van der Waals surface area contributed by atoms with Gasteiger partial charge in [0.2, 0.25) is 0 Å². The van der Waals surface area contributed by atoms with Crippen LogP contribution in [-0.2, 0) is 0 Å². The van der Waals surface area contributed by atoms with Crippen molar-refractivity contribution in [2.75, 3.05) is 0 Å². The highest BCUT2D eigenvalue weighted by Gasteiger charge is 2.21. The van der Waals surface area contributed by atoms with Crippen molar-refractivity contribution in [1.29, 1.82) is 5.41 Å². The zero-order chi connectivity index (χ0) is 10.5. The van der Waals surface area contributed by atoms with Crippen molar-refractivity contribution in [2.45, 2.75) is 24.4 Å². The summed E-state index contributed by atoms with van der Waals surface area (Å²) in [6, 6.07) is 0. The van der Waals surface area contributed by atoms with E-state index >= 15 is 0 Å². The van der Waals surface area contributed by atoms with Crippen LogP contribution in [0.5, 0.6) is 0 Å². The molecule has 0 saturated heterocycles. The largest absolute Gasteiger partial charge is 0.379 e. The summed E-state index contributed by atoms with van der Waals surface area (Å²) in [5.74, 6) is 0.0999. The Morgan fingerprint density at radius 2 is 2.15 bits per heavy atom. The van der Waals surface area contributed by atoms with Crippen LogP contribution >= 0.6 is 22.6 Å². The lowest BCUT2D eigenvalue weighted by Crippen LogP contribution is -2.22. The second-order valence-corrected chi connectivity index (χ2v) is 5.44. The molecule has 0 aromatic carbocycles. The van der Waals surface area contributed by atoms with Crippen LogP contribution in [-0.4, -0.2) is 14.9 Å². The molecule has 0 aromatic rings.